The van der Waals surface area contributed by atoms with Gasteiger partial charge >= 0.3 is 0 Å². The minimum atomic E-state index is 0.0162. The molecular formula is C10H18N2O. The largest absolute Gasteiger partial charge is 0.351 e. The van der Waals surface area contributed by atoms with E-state index in [1.165, 1.54) is 12.8 Å². The first kappa shape index (κ1) is 10.3. The quantitative estimate of drug-likeness (QED) is 0.651. The van der Waals surface area contributed by atoms with E-state index >= 15 is 0 Å². The van der Waals surface area contributed by atoms with Gasteiger partial charge in [0.1, 0.15) is 0 Å². The van der Waals surface area contributed by atoms with E-state index in [9.17, 15) is 4.79 Å². The van der Waals surface area contributed by atoms with Crippen molar-refractivity contribution in [1.29, 1.82) is 0 Å². The lowest BCUT2D eigenvalue weighted by Crippen LogP contribution is -2.43. The molecule has 1 aliphatic heterocycles. The third kappa shape index (κ3) is 2.84. The van der Waals surface area contributed by atoms with Gasteiger partial charge in [0, 0.05) is 6.54 Å². The molecule has 74 valence electrons. The second-order valence-electron chi connectivity index (χ2n) is 3.45. The Morgan fingerprint density at radius 2 is 2.23 bits per heavy atom. The Bertz CT molecular complexity index is 185. The van der Waals surface area contributed by atoms with E-state index in [-0.39, 0.29) is 11.9 Å². The Labute approximate surface area is 79.8 Å². The van der Waals surface area contributed by atoms with Crippen molar-refractivity contribution in [3.05, 3.63) is 12.7 Å². The van der Waals surface area contributed by atoms with Crippen LogP contribution in [0.3, 0.4) is 0 Å². The summed E-state index contributed by atoms with van der Waals surface area (Å²) in [5, 5.41) is 2.81. The lowest BCUT2D eigenvalue weighted by atomic mass is 10.3. The summed E-state index contributed by atoms with van der Waals surface area (Å²) < 4.78 is 0. The number of carbonyl (C=O) groups excluding carboxylic acids is 1. The number of nitrogens with zero attached hydrogens (tertiary/aromatic N) is 1. The maximum atomic E-state index is 11.5. The number of carbonyl (C=O) groups is 1. The molecule has 13 heavy (non-hydrogen) atoms. The first-order valence-corrected chi connectivity index (χ1v) is 4.88. The summed E-state index contributed by atoms with van der Waals surface area (Å²) in [5.41, 5.74) is 0. The molecule has 1 amide bonds. The first-order valence-electron chi connectivity index (χ1n) is 4.88. The molecule has 1 unspecified atom stereocenters. The fourth-order valence-corrected chi connectivity index (χ4v) is 1.62. The number of amides is 1. The van der Waals surface area contributed by atoms with Crippen molar-refractivity contribution in [2.75, 3.05) is 19.6 Å². The minimum Gasteiger partial charge on any atom is -0.351 e. The van der Waals surface area contributed by atoms with Gasteiger partial charge in [-0.3, -0.25) is 9.69 Å². The Morgan fingerprint density at radius 1 is 1.62 bits per heavy atom. The average Bonchev–Trinajstić information content (AvgIpc) is 2.65. The number of likely N-dealkylation sites (tertiary alicyclic amines) is 1. The van der Waals surface area contributed by atoms with E-state index in [2.05, 4.69) is 16.8 Å². The molecule has 1 fully saturated rings. The van der Waals surface area contributed by atoms with Gasteiger partial charge in [0.2, 0.25) is 5.91 Å². The summed E-state index contributed by atoms with van der Waals surface area (Å²) >= 11 is 0. The summed E-state index contributed by atoms with van der Waals surface area (Å²) in [7, 11) is 0. The summed E-state index contributed by atoms with van der Waals surface area (Å²) in [6.45, 7) is 8.21. The highest BCUT2D eigenvalue weighted by atomic mass is 16.2. The van der Waals surface area contributed by atoms with E-state index in [0.717, 1.165) is 13.1 Å². The van der Waals surface area contributed by atoms with Crippen LogP contribution in [-0.4, -0.2) is 36.5 Å². The molecule has 0 radical (unpaired) electrons. The molecule has 0 bridgehead atoms. The van der Waals surface area contributed by atoms with Gasteiger partial charge in [-0.2, -0.15) is 0 Å². The number of rotatable bonds is 4. The Hall–Kier alpha value is -0.830. The highest BCUT2D eigenvalue weighted by Gasteiger charge is 2.22. The summed E-state index contributed by atoms with van der Waals surface area (Å²) in [5.74, 6) is 0.113. The SMILES string of the molecule is C=CCNC(=O)C(C)N1CCCC1. The Morgan fingerprint density at radius 3 is 2.77 bits per heavy atom. The highest BCUT2D eigenvalue weighted by molar-refractivity contribution is 5.81. The molecule has 1 heterocycles. The zero-order valence-corrected chi connectivity index (χ0v) is 8.25. The van der Waals surface area contributed by atoms with Crippen LogP contribution in [0.25, 0.3) is 0 Å². The Balaban J connectivity index is 2.31. The third-order valence-electron chi connectivity index (χ3n) is 2.49. The van der Waals surface area contributed by atoms with Crippen LogP contribution in [-0.2, 0) is 4.79 Å². The molecule has 0 aliphatic carbocycles. The molecule has 1 rings (SSSR count). The second-order valence-corrected chi connectivity index (χ2v) is 3.45. The monoisotopic (exact) mass is 182 g/mol. The van der Waals surface area contributed by atoms with Crippen LogP contribution in [0.5, 0.6) is 0 Å². The standard InChI is InChI=1S/C10H18N2O/c1-3-6-11-10(13)9(2)12-7-4-5-8-12/h3,9H,1,4-8H2,2H3,(H,11,13). The maximum absolute atomic E-state index is 11.5. The van der Waals surface area contributed by atoms with Crippen molar-refractivity contribution in [1.82, 2.24) is 10.2 Å². The van der Waals surface area contributed by atoms with Crippen molar-refractivity contribution in [3.8, 4) is 0 Å². The average molecular weight is 182 g/mol. The van der Waals surface area contributed by atoms with Gasteiger partial charge in [-0.15, -0.1) is 6.58 Å². The molecular weight excluding hydrogens is 164 g/mol. The van der Waals surface area contributed by atoms with Crippen LogP contribution in [0.1, 0.15) is 19.8 Å². The van der Waals surface area contributed by atoms with E-state index in [1.54, 1.807) is 6.08 Å². The van der Waals surface area contributed by atoms with Crippen LogP contribution in [0.2, 0.25) is 0 Å². The number of nitrogens with one attached hydrogen (secondary N) is 1. The minimum absolute atomic E-state index is 0.0162. The fraction of sp³-hybridized carbons (Fsp3) is 0.700. The van der Waals surface area contributed by atoms with Crippen molar-refractivity contribution >= 4 is 5.91 Å². The second kappa shape index (κ2) is 5.02. The first-order chi connectivity index (χ1) is 6.25. The van der Waals surface area contributed by atoms with Gasteiger partial charge in [0.05, 0.1) is 6.04 Å². The molecule has 0 aromatic heterocycles. The van der Waals surface area contributed by atoms with Gasteiger partial charge in [0.15, 0.2) is 0 Å². The number of hydrogen-bond acceptors (Lipinski definition) is 2. The molecule has 0 aromatic carbocycles. The number of hydrogen-bond donors (Lipinski definition) is 1. The van der Waals surface area contributed by atoms with Gasteiger partial charge in [0.25, 0.3) is 0 Å². The van der Waals surface area contributed by atoms with Crippen LogP contribution in [0.15, 0.2) is 12.7 Å². The van der Waals surface area contributed by atoms with Crippen molar-refractivity contribution < 1.29 is 4.79 Å². The van der Waals surface area contributed by atoms with E-state index < -0.39 is 0 Å². The maximum Gasteiger partial charge on any atom is 0.237 e. The fourth-order valence-electron chi connectivity index (χ4n) is 1.62. The van der Waals surface area contributed by atoms with Crippen molar-refractivity contribution in [2.24, 2.45) is 0 Å². The smallest absolute Gasteiger partial charge is 0.237 e. The zero-order chi connectivity index (χ0) is 9.68. The van der Waals surface area contributed by atoms with Crippen molar-refractivity contribution in [2.45, 2.75) is 25.8 Å². The molecule has 1 atom stereocenters. The molecule has 0 aromatic rings. The van der Waals surface area contributed by atoms with E-state index in [1.807, 2.05) is 6.92 Å². The zero-order valence-electron chi connectivity index (χ0n) is 8.25. The molecule has 1 N–H and O–H groups in total. The molecule has 0 saturated carbocycles. The third-order valence-corrected chi connectivity index (χ3v) is 2.49. The van der Waals surface area contributed by atoms with Crippen LogP contribution in [0, 0.1) is 0 Å². The molecule has 0 spiro atoms. The summed E-state index contributed by atoms with van der Waals surface area (Å²) in [6.07, 6.45) is 4.15. The molecule has 1 saturated heterocycles. The summed E-state index contributed by atoms with van der Waals surface area (Å²) in [4.78, 5) is 13.7. The van der Waals surface area contributed by atoms with Crippen LogP contribution in [0.4, 0.5) is 0 Å². The van der Waals surface area contributed by atoms with Gasteiger partial charge in [-0.1, -0.05) is 6.08 Å². The van der Waals surface area contributed by atoms with E-state index in [4.69, 9.17) is 0 Å². The predicted octanol–water partition coefficient (Wildman–Crippen LogP) is 0.773. The van der Waals surface area contributed by atoms with Gasteiger partial charge in [-0.25, -0.2) is 0 Å². The predicted molar refractivity (Wildman–Crippen MR) is 53.5 cm³/mol. The van der Waals surface area contributed by atoms with Crippen LogP contribution >= 0.6 is 0 Å². The normalized spacial score (nSPS) is 19.8. The van der Waals surface area contributed by atoms with Gasteiger partial charge in [-0.05, 0) is 32.9 Å². The topological polar surface area (TPSA) is 32.3 Å². The van der Waals surface area contributed by atoms with Crippen molar-refractivity contribution in [3.63, 3.8) is 0 Å². The Kier molecular flexibility index (Phi) is 3.96. The van der Waals surface area contributed by atoms with Crippen LogP contribution < -0.4 is 5.32 Å². The van der Waals surface area contributed by atoms with Gasteiger partial charge < -0.3 is 5.32 Å². The molecule has 3 heteroatoms. The molecule has 3 nitrogen and oxygen atoms in total. The highest BCUT2D eigenvalue weighted by Crippen LogP contribution is 2.11. The molecule has 1 aliphatic rings. The lowest BCUT2D eigenvalue weighted by Gasteiger charge is -2.22. The lowest BCUT2D eigenvalue weighted by molar-refractivity contribution is -0.125. The van der Waals surface area contributed by atoms with E-state index in [0.29, 0.717) is 6.54 Å². The summed E-state index contributed by atoms with van der Waals surface area (Å²) in [6, 6.07) is 0.0162.